The lowest BCUT2D eigenvalue weighted by atomic mass is 9.81. The Morgan fingerprint density at radius 3 is 2.74 bits per heavy atom. The van der Waals surface area contributed by atoms with Crippen LogP contribution in [-0.4, -0.2) is 47.7 Å². The van der Waals surface area contributed by atoms with E-state index in [4.69, 9.17) is 9.47 Å². The number of ether oxygens (including phenoxy) is 2. The van der Waals surface area contributed by atoms with Gasteiger partial charge in [-0.15, -0.1) is 0 Å². The zero-order valence-corrected chi connectivity index (χ0v) is 12.0. The smallest absolute Gasteiger partial charge is 0.411 e. The second-order valence-corrected chi connectivity index (χ2v) is 6.35. The van der Waals surface area contributed by atoms with E-state index in [9.17, 15) is 9.59 Å². The van der Waals surface area contributed by atoms with E-state index in [-0.39, 0.29) is 5.78 Å². The predicted molar refractivity (Wildman–Crippen MR) is 70.0 cm³/mol. The fourth-order valence-corrected chi connectivity index (χ4v) is 2.78. The highest BCUT2D eigenvalue weighted by atomic mass is 16.6. The van der Waals surface area contributed by atoms with Gasteiger partial charge in [-0.05, 0) is 40.0 Å². The summed E-state index contributed by atoms with van der Waals surface area (Å²) in [5, 5.41) is 0. The van der Waals surface area contributed by atoms with E-state index in [0.717, 1.165) is 12.8 Å². The average Bonchev–Trinajstić information content (AvgIpc) is 2.31. The van der Waals surface area contributed by atoms with E-state index < -0.39 is 17.2 Å². The first kappa shape index (κ1) is 14.3. The molecule has 0 saturated carbocycles. The van der Waals surface area contributed by atoms with E-state index in [1.165, 1.54) is 0 Å². The van der Waals surface area contributed by atoms with Gasteiger partial charge in [0.1, 0.15) is 11.1 Å². The molecule has 1 atom stereocenters. The molecule has 2 saturated heterocycles. The Morgan fingerprint density at radius 1 is 1.37 bits per heavy atom. The number of rotatable bonds is 0. The van der Waals surface area contributed by atoms with Crippen LogP contribution in [0.2, 0.25) is 0 Å². The van der Waals surface area contributed by atoms with Crippen molar-refractivity contribution in [3.05, 3.63) is 0 Å². The van der Waals surface area contributed by atoms with Crippen LogP contribution in [-0.2, 0) is 14.3 Å². The Morgan fingerprint density at radius 2 is 2.11 bits per heavy atom. The van der Waals surface area contributed by atoms with Crippen molar-refractivity contribution in [3.8, 4) is 0 Å². The Bertz CT molecular complexity index is 368. The molecule has 0 aliphatic carbocycles. The highest BCUT2D eigenvalue weighted by molar-refractivity contribution is 5.92. The summed E-state index contributed by atoms with van der Waals surface area (Å²) in [7, 11) is 0. The van der Waals surface area contributed by atoms with Crippen molar-refractivity contribution in [1.29, 1.82) is 0 Å². The monoisotopic (exact) mass is 269 g/mol. The van der Waals surface area contributed by atoms with Gasteiger partial charge in [0, 0.05) is 13.0 Å². The van der Waals surface area contributed by atoms with Gasteiger partial charge in [-0.2, -0.15) is 0 Å². The molecule has 1 spiro atoms. The molecule has 0 N–H and O–H groups in total. The molecule has 2 aliphatic rings. The van der Waals surface area contributed by atoms with Crippen LogP contribution in [0.15, 0.2) is 0 Å². The maximum absolute atomic E-state index is 12.3. The molecular weight excluding hydrogens is 246 g/mol. The zero-order valence-electron chi connectivity index (χ0n) is 12.0. The summed E-state index contributed by atoms with van der Waals surface area (Å²) in [5.41, 5.74) is -1.33. The lowest BCUT2D eigenvalue weighted by Gasteiger charge is -2.47. The molecule has 5 nitrogen and oxygen atoms in total. The first-order chi connectivity index (χ1) is 8.85. The van der Waals surface area contributed by atoms with E-state index in [1.807, 2.05) is 20.8 Å². The maximum atomic E-state index is 12.3. The molecule has 0 aromatic carbocycles. The maximum Gasteiger partial charge on any atom is 0.411 e. The summed E-state index contributed by atoms with van der Waals surface area (Å²) in [5.74, 6) is 0.115. The third kappa shape index (κ3) is 2.91. The molecule has 0 radical (unpaired) electrons. The lowest BCUT2D eigenvalue weighted by Crippen LogP contribution is -2.64. The normalized spacial score (nSPS) is 28.6. The Balaban J connectivity index is 2.20. The van der Waals surface area contributed by atoms with Crippen LogP contribution >= 0.6 is 0 Å². The molecule has 2 rings (SSSR count). The number of ketones is 1. The Labute approximate surface area is 114 Å². The number of carbonyl (C=O) groups is 2. The second-order valence-electron chi connectivity index (χ2n) is 6.35. The van der Waals surface area contributed by atoms with E-state index in [1.54, 1.807) is 4.90 Å². The van der Waals surface area contributed by atoms with Crippen molar-refractivity contribution in [2.24, 2.45) is 0 Å². The van der Waals surface area contributed by atoms with Gasteiger partial charge >= 0.3 is 6.09 Å². The first-order valence-electron chi connectivity index (χ1n) is 6.97. The zero-order chi connectivity index (χ0) is 14.1. The van der Waals surface area contributed by atoms with Crippen molar-refractivity contribution < 1.29 is 19.1 Å². The summed E-state index contributed by atoms with van der Waals surface area (Å²) in [6, 6.07) is 0. The van der Waals surface area contributed by atoms with Crippen molar-refractivity contribution in [2.75, 3.05) is 19.8 Å². The van der Waals surface area contributed by atoms with Gasteiger partial charge < -0.3 is 9.47 Å². The third-order valence-electron chi connectivity index (χ3n) is 3.69. The molecule has 0 aromatic heterocycles. The number of Topliss-reactive ketones (excluding diaryl/α,β-unsaturated/α-hetero) is 1. The molecule has 5 heteroatoms. The molecule has 0 aromatic rings. The molecule has 108 valence electrons. The number of likely N-dealkylation sites (tertiary alicyclic amines) is 1. The topological polar surface area (TPSA) is 55.8 Å². The van der Waals surface area contributed by atoms with Crippen LogP contribution in [0.1, 0.15) is 46.5 Å². The van der Waals surface area contributed by atoms with Gasteiger partial charge in [0.2, 0.25) is 0 Å². The second kappa shape index (κ2) is 5.12. The molecule has 0 bridgehead atoms. The van der Waals surface area contributed by atoms with E-state index in [2.05, 4.69) is 0 Å². The van der Waals surface area contributed by atoms with E-state index >= 15 is 0 Å². The van der Waals surface area contributed by atoms with Crippen molar-refractivity contribution in [1.82, 2.24) is 4.90 Å². The first-order valence-corrected chi connectivity index (χ1v) is 6.97. The summed E-state index contributed by atoms with van der Waals surface area (Å²) in [6.07, 6.45) is 2.54. The number of hydrogen-bond acceptors (Lipinski definition) is 4. The van der Waals surface area contributed by atoms with Gasteiger partial charge in [-0.3, -0.25) is 9.69 Å². The van der Waals surface area contributed by atoms with Crippen molar-refractivity contribution >= 4 is 11.9 Å². The summed E-state index contributed by atoms with van der Waals surface area (Å²) in [4.78, 5) is 26.3. The van der Waals surface area contributed by atoms with Gasteiger partial charge in [-0.1, -0.05) is 0 Å². The summed E-state index contributed by atoms with van der Waals surface area (Å²) < 4.78 is 10.9. The minimum atomic E-state index is -0.779. The van der Waals surface area contributed by atoms with Crippen LogP contribution in [0.3, 0.4) is 0 Å². The fraction of sp³-hybridized carbons (Fsp3) is 0.857. The number of piperidine rings is 1. The number of carbonyl (C=O) groups excluding carboxylic acids is 2. The minimum Gasteiger partial charge on any atom is -0.444 e. The molecular formula is C14H23NO4. The molecule has 1 amide bonds. The third-order valence-corrected chi connectivity index (χ3v) is 3.69. The highest BCUT2D eigenvalue weighted by Crippen LogP contribution is 2.34. The quantitative estimate of drug-likeness (QED) is 0.676. The number of nitrogens with zero attached hydrogens (tertiary/aromatic N) is 1. The van der Waals surface area contributed by atoms with Gasteiger partial charge in [0.05, 0.1) is 13.2 Å². The number of amides is 1. The van der Waals surface area contributed by atoms with Crippen LogP contribution in [0.4, 0.5) is 4.79 Å². The largest absolute Gasteiger partial charge is 0.444 e. The van der Waals surface area contributed by atoms with Crippen LogP contribution in [0, 0.1) is 0 Å². The fourth-order valence-electron chi connectivity index (χ4n) is 2.78. The molecule has 19 heavy (non-hydrogen) atoms. The predicted octanol–water partition coefficient (Wildman–Crippen LogP) is 2.14. The SMILES string of the molecule is CC(C)(C)OC(=O)N1CCCCC12COCCC2=O. The molecule has 2 heterocycles. The van der Waals surface area contributed by atoms with Crippen LogP contribution in [0.25, 0.3) is 0 Å². The van der Waals surface area contributed by atoms with Gasteiger partial charge in [0.15, 0.2) is 5.78 Å². The lowest BCUT2D eigenvalue weighted by molar-refractivity contribution is -0.147. The minimum absolute atomic E-state index is 0.115. The number of hydrogen-bond donors (Lipinski definition) is 0. The average molecular weight is 269 g/mol. The molecule has 2 aliphatic heterocycles. The standard InChI is InChI=1S/C14H23NO4/c1-13(2,3)19-12(17)15-8-5-4-7-14(15)10-18-9-6-11(14)16/h4-10H2,1-3H3. The van der Waals surface area contributed by atoms with Gasteiger partial charge in [0.25, 0.3) is 0 Å². The van der Waals surface area contributed by atoms with E-state index in [0.29, 0.717) is 32.6 Å². The van der Waals surface area contributed by atoms with Crippen LogP contribution < -0.4 is 0 Å². The summed E-state index contributed by atoms with van der Waals surface area (Å²) in [6.45, 7) is 6.85. The Kier molecular flexibility index (Phi) is 3.85. The summed E-state index contributed by atoms with van der Waals surface area (Å²) >= 11 is 0. The Hall–Kier alpha value is -1.10. The molecule has 1 unspecified atom stereocenters. The highest BCUT2D eigenvalue weighted by Gasteiger charge is 2.50. The van der Waals surface area contributed by atoms with Crippen molar-refractivity contribution in [3.63, 3.8) is 0 Å². The van der Waals surface area contributed by atoms with Gasteiger partial charge in [-0.25, -0.2) is 4.79 Å². The van der Waals surface area contributed by atoms with Crippen molar-refractivity contribution in [2.45, 2.75) is 57.6 Å². The molecule has 2 fully saturated rings. The van der Waals surface area contributed by atoms with Crippen LogP contribution in [0.5, 0.6) is 0 Å².